The van der Waals surface area contributed by atoms with Crippen LogP contribution in [-0.4, -0.2) is 33.1 Å². The number of fused-ring (bicyclic) bond motifs is 1. The van der Waals surface area contributed by atoms with Crippen molar-refractivity contribution in [3.63, 3.8) is 0 Å². The zero-order valence-electron chi connectivity index (χ0n) is 18.7. The van der Waals surface area contributed by atoms with Gasteiger partial charge >= 0.3 is 0 Å². The summed E-state index contributed by atoms with van der Waals surface area (Å²) in [5.41, 5.74) is 2.52. The third-order valence-electron chi connectivity index (χ3n) is 7.85. The number of hydrogen-bond donors (Lipinski definition) is 3. The normalized spacial score (nSPS) is 37.2. The Morgan fingerprint density at radius 3 is 2.59 bits per heavy atom. The van der Waals surface area contributed by atoms with Gasteiger partial charge in [0, 0.05) is 0 Å². The minimum atomic E-state index is -0.692. The van der Waals surface area contributed by atoms with Gasteiger partial charge < -0.3 is 15.3 Å². The van der Waals surface area contributed by atoms with Crippen LogP contribution in [0, 0.1) is 23.7 Å². The molecule has 0 saturated heterocycles. The Balaban J connectivity index is 1.65. The molecule has 3 N–H and O–H groups in total. The minimum Gasteiger partial charge on any atom is -0.390 e. The number of aliphatic hydroxyl groups excluding tert-OH is 2. The van der Waals surface area contributed by atoms with Gasteiger partial charge in [-0.2, -0.15) is 0 Å². The van der Waals surface area contributed by atoms with Crippen molar-refractivity contribution in [3.05, 3.63) is 35.5 Å². The quantitative estimate of drug-likeness (QED) is 0.527. The number of allylic oxidation sites excluding steroid dienone is 3. The summed E-state index contributed by atoms with van der Waals surface area (Å²) in [6, 6.07) is 0. The molecule has 164 valence electrons. The van der Waals surface area contributed by atoms with E-state index in [0.29, 0.717) is 18.8 Å². The molecule has 0 aromatic carbocycles. The molecule has 0 amide bonds. The van der Waals surface area contributed by atoms with Crippen LogP contribution in [0.15, 0.2) is 35.5 Å². The Kier molecular flexibility index (Phi) is 7.46. The molecule has 29 heavy (non-hydrogen) atoms. The van der Waals surface area contributed by atoms with Crippen molar-refractivity contribution < 1.29 is 15.3 Å². The van der Waals surface area contributed by atoms with Crippen molar-refractivity contribution in [1.82, 2.24) is 0 Å². The van der Waals surface area contributed by atoms with Crippen molar-refractivity contribution in [3.8, 4) is 0 Å². The Morgan fingerprint density at radius 2 is 1.86 bits per heavy atom. The zero-order chi connectivity index (χ0) is 21.2. The monoisotopic (exact) mass is 402 g/mol. The first kappa shape index (κ1) is 22.8. The maximum Gasteiger partial charge on any atom is 0.0986 e. The summed E-state index contributed by atoms with van der Waals surface area (Å²) < 4.78 is 0. The van der Waals surface area contributed by atoms with Crippen LogP contribution in [-0.2, 0) is 0 Å². The highest BCUT2D eigenvalue weighted by Gasteiger charge is 2.41. The topological polar surface area (TPSA) is 60.7 Å². The van der Waals surface area contributed by atoms with Gasteiger partial charge in [-0.3, -0.25) is 0 Å². The first-order valence-electron chi connectivity index (χ1n) is 11.8. The van der Waals surface area contributed by atoms with E-state index in [-0.39, 0.29) is 0 Å². The maximum absolute atomic E-state index is 10.4. The average molecular weight is 403 g/mol. The predicted octanol–water partition coefficient (Wildman–Crippen LogP) is 5.31. The molecule has 3 aliphatic rings. The minimum absolute atomic E-state index is 0.543. The van der Waals surface area contributed by atoms with E-state index in [9.17, 15) is 15.3 Å². The fourth-order valence-corrected chi connectivity index (χ4v) is 6.13. The zero-order valence-corrected chi connectivity index (χ0v) is 18.7. The molecule has 0 unspecified atom stereocenters. The lowest BCUT2D eigenvalue weighted by Crippen LogP contribution is -2.29. The molecule has 3 rings (SSSR count). The molecule has 6 atom stereocenters. The lowest BCUT2D eigenvalue weighted by atomic mass is 9.71. The molecule has 3 nitrogen and oxygen atoms in total. The summed E-state index contributed by atoms with van der Waals surface area (Å²) in [6.45, 7) is 10.2. The molecule has 3 heteroatoms. The summed E-state index contributed by atoms with van der Waals surface area (Å²) in [7, 11) is 0. The van der Waals surface area contributed by atoms with Crippen LogP contribution in [0.1, 0.15) is 85.0 Å². The molecule has 0 radical (unpaired) electrons. The van der Waals surface area contributed by atoms with E-state index in [1.807, 2.05) is 19.9 Å². The van der Waals surface area contributed by atoms with Crippen LogP contribution in [0.25, 0.3) is 0 Å². The SMILES string of the molecule is C=C1CC[C@H](O)/C(=C/C=C2\CCC[C@@H]3[C@@H]([C@H](C)CCCC(C)(C)O)CC[C@@H]23)[C@H]1O. The third kappa shape index (κ3) is 5.62. The molecule has 3 fully saturated rings. The van der Waals surface area contributed by atoms with Gasteiger partial charge in [-0.05, 0) is 100 Å². The third-order valence-corrected chi connectivity index (χ3v) is 7.85. The Labute approximate surface area is 177 Å². The van der Waals surface area contributed by atoms with Crippen molar-refractivity contribution >= 4 is 0 Å². The van der Waals surface area contributed by atoms with Crippen LogP contribution in [0.3, 0.4) is 0 Å². The summed E-state index contributed by atoms with van der Waals surface area (Å²) in [5, 5.41) is 30.7. The first-order valence-corrected chi connectivity index (χ1v) is 11.8. The largest absolute Gasteiger partial charge is 0.390 e. The molecular formula is C26H42O3. The van der Waals surface area contributed by atoms with Gasteiger partial charge in [0.15, 0.2) is 0 Å². The van der Waals surface area contributed by atoms with Gasteiger partial charge in [0.05, 0.1) is 17.8 Å². The van der Waals surface area contributed by atoms with Gasteiger partial charge in [0.1, 0.15) is 0 Å². The van der Waals surface area contributed by atoms with E-state index < -0.39 is 17.8 Å². The molecule has 0 aromatic rings. The molecule has 0 bridgehead atoms. The summed E-state index contributed by atoms with van der Waals surface area (Å²) in [6.07, 6.45) is 13.9. The van der Waals surface area contributed by atoms with Gasteiger partial charge in [-0.25, -0.2) is 0 Å². The second kappa shape index (κ2) is 9.49. The van der Waals surface area contributed by atoms with Crippen molar-refractivity contribution in [2.45, 2.75) is 103 Å². The molecule has 0 heterocycles. The maximum atomic E-state index is 10.4. The number of aliphatic hydroxyl groups is 3. The second-order valence-electron chi connectivity index (χ2n) is 10.6. The highest BCUT2D eigenvalue weighted by atomic mass is 16.3. The molecular weight excluding hydrogens is 360 g/mol. The van der Waals surface area contributed by atoms with E-state index in [1.165, 1.54) is 37.7 Å². The summed E-state index contributed by atoms with van der Waals surface area (Å²) in [4.78, 5) is 0. The fourth-order valence-electron chi connectivity index (χ4n) is 6.13. The predicted molar refractivity (Wildman–Crippen MR) is 119 cm³/mol. The van der Waals surface area contributed by atoms with Crippen LogP contribution < -0.4 is 0 Å². The summed E-state index contributed by atoms with van der Waals surface area (Å²) >= 11 is 0. The van der Waals surface area contributed by atoms with Crippen LogP contribution in [0.5, 0.6) is 0 Å². The van der Waals surface area contributed by atoms with E-state index in [0.717, 1.165) is 48.2 Å². The van der Waals surface area contributed by atoms with Crippen molar-refractivity contribution in [2.75, 3.05) is 0 Å². The van der Waals surface area contributed by atoms with Gasteiger partial charge in [0.25, 0.3) is 0 Å². The molecule has 0 spiro atoms. The lowest BCUT2D eigenvalue weighted by molar-refractivity contribution is 0.0652. The Morgan fingerprint density at radius 1 is 1.10 bits per heavy atom. The number of rotatable bonds is 6. The van der Waals surface area contributed by atoms with Crippen molar-refractivity contribution in [1.29, 1.82) is 0 Å². The van der Waals surface area contributed by atoms with Gasteiger partial charge in [-0.15, -0.1) is 0 Å². The highest BCUT2D eigenvalue weighted by Crippen LogP contribution is 2.51. The van der Waals surface area contributed by atoms with Crippen LogP contribution in [0.4, 0.5) is 0 Å². The van der Waals surface area contributed by atoms with Gasteiger partial charge in [-0.1, -0.05) is 44.1 Å². The molecule has 0 aromatic heterocycles. The lowest BCUT2D eigenvalue weighted by Gasteiger charge is -2.34. The molecule has 3 saturated carbocycles. The van der Waals surface area contributed by atoms with E-state index in [2.05, 4.69) is 19.6 Å². The van der Waals surface area contributed by atoms with E-state index in [4.69, 9.17) is 0 Å². The number of hydrogen-bond acceptors (Lipinski definition) is 3. The van der Waals surface area contributed by atoms with Crippen LogP contribution >= 0.6 is 0 Å². The highest BCUT2D eigenvalue weighted by molar-refractivity contribution is 5.33. The van der Waals surface area contributed by atoms with Crippen LogP contribution in [0.2, 0.25) is 0 Å². The first-order chi connectivity index (χ1) is 13.7. The fraction of sp³-hybridized carbons (Fsp3) is 0.769. The van der Waals surface area contributed by atoms with E-state index >= 15 is 0 Å². The van der Waals surface area contributed by atoms with E-state index in [1.54, 1.807) is 0 Å². The average Bonchev–Trinajstić information content (AvgIpc) is 3.09. The van der Waals surface area contributed by atoms with Crippen molar-refractivity contribution in [2.24, 2.45) is 23.7 Å². The smallest absolute Gasteiger partial charge is 0.0986 e. The Bertz CT molecular complexity index is 639. The van der Waals surface area contributed by atoms with Gasteiger partial charge in [0.2, 0.25) is 0 Å². The Hall–Kier alpha value is -0.900. The standard InChI is InChI=1S/C26H42O3/c1-17(7-6-16-26(3,4)29)20-13-14-21-19(8-5-9-22(20)21)11-12-23-24(27)15-10-18(2)25(23)28/h11-12,17,20-22,24-25,27-29H,2,5-10,13-16H2,1,3-4H3/b19-11+,23-12-/t17-,20-,21+,22-,24+,25+/m1/s1. The summed E-state index contributed by atoms with van der Waals surface area (Å²) in [5.74, 6) is 2.96. The molecule has 3 aliphatic carbocycles. The molecule has 0 aliphatic heterocycles. The second-order valence-corrected chi connectivity index (χ2v) is 10.6.